The summed E-state index contributed by atoms with van der Waals surface area (Å²) in [5, 5.41) is 6.44. The molecule has 3 aromatic rings. The average Bonchev–Trinajstić information content (AvgIpc) is 2.85. The SMILES string of the molecule is Cc1c(CNCl)nn(-c2ccc(Cl)cc2Cl)c1-c1ccc(Cl)cc1.O. The quantitative estimate of drug-likeness (QED) is 0.589. The van der Waals surface area contributed by atoms with E-state index in [0.29, 0.717) is 21.6 Å². The Kier molecular flexibility index (Phi) is 6.74. The van der Waals surface area contributed by atoms with E-state index < -0.39 is 0 Å². The van der Waals surface area contributed by atoms with Gasteiger partial charge >= 0.3 is 0 Å². The summed E-state index contributed by atoms with van der Waals surface area (Å²) in [5.74, 6) is 0. The van der Waals surface area contributed by atoms with Gasteiger partial charge in [-0.3, -0.25) is 0 Å². The third-order valence-electron chi connectivity index (χ3n) is 3.71. The van der Waals surface area contributed by atoms with E-state index in [1.807, 2.05) is 37.3 Å². The Morgan fingerprint density at radius 3 is 2.24 bits per heavy atom. The van der Waals surface area contributed by atoms with E-state index in [9.17, 15) is 0 Å². The molecule has 0 spiro atoms. The predicted molar refractivity (Wildman–Crippen MR) is 105 cm³/mol. The maximum atomic E-state index is 6.38. The molecule has 0 saturated heterocycles. The zero-order valence-electron chi connectivity index (χ0n) is 13.2. The highest BCUT2D eigenvalue weighted by Crippen LogP contribution is 2.33. The van der Waals surface area contributed by atoms with Crippen LogP contribution in [-0.4, -0.2) is 15.3 Å². The molecule has 0 bridgehead atoms. The fourth-order valence-electron chi connectivity index (χ4n) is 2.55. The number of rotatable bonds is 4. The molecule has 132 valence electrons. The lowest BCUT2D eigenvalue weighted by Gasteiger charge is -2.11. The summed E-state index contributed by atoms with van der Waals surface area (Å²) in [5.41, 5.74) is 4.50. The summed E-state index contributed by atoms with van der Waals surface area (Å²) >= 11 is 24.1. The van der Waals surface area contributed by atoms with Crippen LogP contribution in [-0.2, 0) is 6.54 Å². The zero-order valence-corrected chi connectivity index (χ0v) is 16.2. The lowest BCUT2D eigenvalue weighted by atomic mass is 10.1. The first-order valence-electron chi connectivity index (χ1n) is 7.14. The van der Waals surface area contributed by atoms with Gasteiger partial charge in [0.25, 0.3) is 0 Å². The highest BCUT2D eigenvalue weighted by molar-refractivity contribution is 6.35. The van der Waals surface area contributed by atoms with Crippen LogP contribution in [0, 0.1) is 6.92 Å². The van der Waals surface area contributed by atoms with E-state index in [0.717, 1.165) is 28.2 Å². The first-order valence-corrected chi connectivity index (χ1v) is 8.66. The Balaban J connectivity index is 0.00000225. The molecule has 0 aliphatic carbocycles. The van der Waals surface area contributed by atoms with E-state index in [1.54, 1.807) is 16.8 Å². The molecular formula is C17H15Cl4N3O. The van der Waals surface area contributed by atoms with Crippen molar-refractivity contribution in [3.05, 3.63) is 68.8 Å². The molecule has 1 heterocycles. The molecule has 0 unspecified atom stereocenters. The highest BCUT2D eigenvalue weighted by Gasteiger charge is 2.18. The summed E-state index contributed by atoms with van der Waals surface area (Å²) in [6.07, 6.45) is 0. The van der Waals surface area contributed by atoms with Gasteiger partial charge < -0.3 is 5.48 Å². The van der Waals surface area contributed by atoms with Gasteiger partial charge in [-0.1, -0.05) is 46.9 Å². The molecule has 0 fully saturated rings. The topological polar surface area (TPSA) is 61.4 Å². The minimum atomic E-state index is 0. The first kappa shape index (κ1) is 20.0. The van der Waals surface area contributed by atoms with E-state index >= 15 is 0 Å². The van der Waals surface area contributed by atoms with Gasteiger partial charge in [-0.25, -0.2) is 9.52 Å². The second-order valence-electron chi connectivity index (χ2n) is 5.25. The van der Waals surface area contributed by atoms with Gasteiger partial charge in [0.1, 0.15) is 0 Å². The van der Waals surface area contributed by atoms with E-state index in [-0.39, 0.29) is 5.48 Å². The van der Waals surface area contributed by atoms with Crippen molar-refractivity contribution in [2.45, 2.75) is 13.5 Å². The fourth-order valence-corrected chi connectivity index (χ4v) is 3.29. The van der Waals surface area contributed by atoms with Gasteiger partial charge in [-0.2, -0.15) is 5.10 Å². The Bertz CT molecular complexity index is 878. The van der Waals surface area contributed by atoms with E-state index in [1.165, 1.54) is 0 Å². The number of halogens is 4. The lowest BCUT2D eigenvalue weighted by Crippen LogP contribution is -2.03. The summed E-state index contributed by atoms with van der Waals surface area (Å²) < 4.78 is 1.81. The summed E-state index contributed by atoms with van der Waals surface area (Å²) in [7, 11) is 0. The van der Waals surface area contributed by atoms with Crippen LogP contribution in [0.15, 0.2) is 42.5 Å². The van der Waals surface area contributed by atoms with Gasteiger partial charge in [-0.05, 0) is 49.0 Å². The third-order valence-corrected chi connectivity index (χ3v) is 4.63. The molecule has 2 aromatic carbocycles. The van der Waals surface area contributed by atoms with Crippen LogP contribution in [0.2, 0.25) is 15.1 Å². The highest BCUT2D eigenvalue weighted by atomic mass is 35.5. The van der Waals surface area contributed by atoms with E-state index in [2.05, 4.69) is 9.93 Å². The van der Waals surface area contributed by atoms with Crippen LogP contribution in [0.1, 0.15) is 11.3 Å². The molecule has 4 nitrogen and oxygen atoms in total. The van der Waals surface area contributed by atoms with Crippen LogP contribution in [0.5, 0.6) is 0 Å². The molecule has 0 aliphatic heterocycles. The number of hydrogen-bond acceptors (Lipinski definition) is 2. The minimum absolute atomic E-state index is 0. The largest absolute Gasteiger partial charge is 0.412 e. The lowest BCUT2D eigenvalue weighted by molar-refractivity contribution is 0.816. The standard InChI is InChI=1S/C17H13Cl4N3.H2O/c1-10-15(9-22-21)23-24(16-7-6-13(19)8-14(16)20)17(10)11-2-4-12(18)5-3-11;/h2-8,22H,9H2,1H3;1H2. The van der Waals surface area contributed by atoms with Crippen molar-refractivity contribution < 1.29 is 5.48 Å². The van der Waals surface area contributed by atoms with Crippen LogP contribution in [0.3, 0.4) is 0 Å². The average molecular weight is 419 g/mol. The van der Waals surface area contributed by atoms with Gasteiger partial charge in [0.05, 0.1) is 28.6 Å². The maximum absolute atomic E-state index is 6.38. The second kappa shape index (κ2) is 8.41. The maximum Gasteiger partial charge on any atom is 0.0840 e. The molecule has 1 aromatic heterocycles. The number of nitrogens with one attached hydrogen (secondary N) is 1. The molecule has 8 heteroatoms. The van der Waals surface area contributed by atoms with Crippen molar-refractivity contribution in [3.8, 4) is 16.9 Å². The molecule has 3 N–H and O–H groups in total. The van der Waals surface area contributed by atoms with Crippen LogP contribution < -0.4 is 4.84 Å². The number of nitrogens with zero attached hydrogens (tertiary/aromatic N) is 2. The van der Waals surface area contributed by atoms with Crippen LogP contribution in [0.25, 0.3) is 16.9 Å². The molecular weight excluding hydrogens is 404 g/mol. The number of aromatic nitrogens is 2. The molecule has 0 amide bonds. The molecule has 0 radical (unpaired) electrons. The molecule has 0 aliphatic rings. The van der Waals surface area contributed by atoms with Gasteiger partial charge in [0.2, 0.25) is 0 Å². The summed E-state index contributed by atoms with van der Waals surface area (Å²) in [6, 6.07) is 12.9. The van der Waals surface area contributed by atoms with Crippen LogP contribution in [0.4, 0.5) is 0 Å². The Hall–Kier alpha value is -1.27. The van der Waals surface area contributed by atoms with E-state index in [4.69, 9.17) is 46.6 Å². The minimum Gasteiger partial charge on any atom is -0.412 e. The van der Waals surface area contributed by atoms with Crippen molar-refractivity contribution in [2.24, 2.45) is 0 Å². The predicted octanol–water partition coefficient (Wildman–Crippen LogP) is 5.23. The first-order chi connectivity index (χ1) is 11.5. The van der Waals surface area contributed by atoms with Crippen molar-refractivity contribution >= 4 is 46.6 Å². The molecule has 3 rings (SSSR count). The van der Waals surface area contributed by atoms with Crippen molar-refractivity contribution in [3.63, 3.8) is 0 Å². The smallest absolute Gasteiger partial charge is 0.0840 e. The van der Waals surface area contributed by atoms with Crippen LogP contribution >= 0.6 is 46.6 Å². The van der Waals surface area contributed by atoms with Crippen molar-refractivity contribution in [1.29, 1.82) is 0 Å². The molecule has 0 atom stereocenters. The fraction of sp³-hybridized carbons (Fsp3) is 0.118. The second-order valence-corrected chi connectivity index (χ2v) is 6.79. The Morgan fingerprint density at radius 1 is 1.00 bits per heavy atom. The van der Waals surface area contributed by atoms with Gasteiger partial charge in [-0.15, -0.1) is 0 Å². The normalized spacial score (nSPS) is 10.6. The molecule has 0 saturated carbocycles. The van der Waals surface area contributed by atoms with Crippen molar-refractivity contribution in [2.75, 3.05) is 0 Å². The summed E-state index contributed by atoms with van der Waals surface area (Å²) in [4.78, 5) is 2.62. The van der Waals surface area contributed by atoms with Gasteiger partial charge in [0, 0.05) is 21.2 Å². The zero-order chi connectivity index (χ0) is 17.3. The summed E-state index contributed by atoms with van der Waals surface area (Å²) in [6.45, 7) is 2.44. The monoisotopic (exact) mass is 417 g/mol. The Morgan fingerprint density at radius 2 is 1.64 bits per heavy atom. The van der Waals surface area contributed by atoms with Crippen molar-refractivity contribution in [1.82, 2.24) is 14.6 Å². The molecule has 25 heavy (non-hydrogen) atoms. The third kappa shape index (κ3) is 4.11. The van der Waals surface area contributed by atoms with Gasteiger partial charge in [0.15, 0.2) is 0 Å². The number of hydrogen-bond donors (Lipinski definition) is 1. The Labute approximate surface area is 165 Å². The number of benzene rings is 2.